The largest absolute Gasteiger partial charge is 0.435 e. The first kappa shape index (κ1) is 20.3. The van der Waals surface area contributed by atoms with E-state index in [1.807, 2.05) is 0 Å². The van der Waals surface area contributed by atoms with Crippen molar-refractivity contribution in [2.24, 2.45) is 0 Å². The summed E-state index contributed by atoms with van der Waals surface area (Å²) < 4.78 is 28.7. The summed E-state index contributed by atoms with van der Waals surface area (Å²) in [5.41, 5.74) is 3.73. The highest BCUT2D eigenvalue weighted by Gasteiger charge is 2.27. The Morgan fingerprint density at radius 1 is 1.21 bits per heavy atom. The quantitative estimate of drug-likeness (QED) is 0.729. The van der Waals surface area contributed by atoms with Crippen molar-refractivity contribution >= 4 is 5.91 Å². The molecule has 2 aromatic rings. The van der Waals surface area contributed by atoms with Crippen molar-refractivity contribution in [1.82, 2.24) is 5.32 Å². The fourth-order valence-corrected chi connectivity index (χ4v) is 3.89. The van der Waals surface area contributed by atoms with Gasteiger partial charge in [-0.3, -0.25) is 4.79 Å². The van der Waals surface area contributed by atoms with E-state index in [9.17, 15) is 13.6 Å². The first-order valence-electron chi connectivity index (χ1n) is 9.73. The number of alkyl halides is 2. The highest BCUT2D eigenvalue weighted by molar-refractivity contribution is 5.76. The van der Waals surface area contributed by atoms with Crippen LogP contribution in [0.15, 0.2) is 48.5 Å². The molecule has 2 atom stereocenters. The van der Waals surface area contributed by atoms with Gasteiger partial charge in [-0.15, -0.1) is 0 Å². The van der Waals surface area contributed by atoms with Gasteiger partial charge in [0.15, 0.2) is 6.54 Å². The predicted molar refractivity (Wildman–Crippen MR) is 104 cm³/mol. The SMILES string of the molecule is C[NH+](CC(=O)NCCc1ccc(OC(F)F)cc1)[C@@H]1CCCc2ccccc21. The second-order valence-corrected chi connectivity index (χ2v) is 7.29. The zero-order chi connectivity index (χ0) is 19.9. The van der Waals surface area contributed by atoms with Crippen LogP contribution in [0.3, 0.4) is 0 Å². The maximum absolute atomic E-state index is 12.3. The molecular formula is C22H27F2N2O2+. The molecule has 1 unspecified atom stereocenters. The maximum Gasteiger partial charge on any atom is 0.387 e. The van der Waals surface area contributed by atoms with Gasteiger partial charge in [-0.1, -0.05) is 36.4 Å². The standard InChI is InChI=1S/C22H26F2N2O2/c1-26(20-8-4-6-17-5-2-3-7-19(17)20)15-21(27)25-14-13-16-9-11-18(12-10-16)28-22(23)24/h2-3,5,7,9-12,20,22H,4,6,8,13-15H2,1H3,(H,25,27)/p+1/t20-/m1/s1. The van der Waals surface area contributed by atoms with Crippen LogP contribution in [0.5, 0.6) is 5.75 Å². The number of quaternary nitrogens is 1. The van der Waals surface area contributed by atoms with Gasteiger partial charge in [0.25, 0.3) is 5.91 Å². The molecule has 0 aromatic heterocycles. The van der Waals surface area contributed by atoms with E-state index < -0.39 is 6.61 Å². The van der Waals surface area contributed by atoms with E-state index in [4.69, 9.17) is 0 Å². The third kappa shape index (κ3) is 5.52. The van der Waals surface area contributed by atoms with Gasteiger partial charge in [0.05, 0.1) is 7.05 Å². The molecule has 28 heavy (non-hydrogen) atoms. The van der Waals surface area contributed by atoms with Crippen LogP contribution in [0.4, 0.5) is 8.78 Å². The van der Waals surface area contributed by atoms with Gasteiger partial charge in [-0.25, -0.2) is 0 Å². The van der Waals surface area contributed by atoms with Crippen LogP contribution in [0, 0.1) is 0 Å². The Morgan fingerprint density at radius 3 is 2.71 bits per heavy atom. The third-order valence-corrected chi connectivity index (χ3v) is 5.29. The summed E-state index contributed by atoms with van der Waals surface area (Å²) in [6.45, 7) is -1.87. The molecule has 150 valence electrons. The van der Waals surface area contributed by atoms with Crippen molar-refractivity contribution in [2.75, 3.05) is 20.1 Å². The number of rotatable bonds is 8. The number of benzene rings is 2. The van der Waals surface area contributed by atoms with E-state index in [2.05, 4.69) is 41.4 Å². The van der Waals surface area contributed by atoms with Gasteiger partial charge < -0.3 is 15.0 Å². The van der Waals surface area contributed by atoms with Crippen LogP contribution in [-0.2, 0) is 17.6 Å². The molecule has 0 fully saturated rings. The number of halogens is 2. The molecule has 0 heterocycles. The van der Waals surface area contributed by atoms with Crippen LogP contribution in [-0.4, -0.2) is 32.7 Å². The van der Waals surface area contributed by atoms with Crippen LogP contribution in [0.1, 0.15) is 35.6 Å². The summed E-state index contributed by atoms with van der Waals surface area (Å²) in [6, 6.07) is 15.4. The van der Waals surface area contributed by atoms with Gasteiger partial charge in [-0.2, -0.15) is 8.78 Å². The van der Waals surface area contributed by atoms with Crippen molar-refractivity contribution in [3.63, 3.8) is 0 Å². The van der Waals surface area contributed by atoms with E-state index >= 15 is 0 Å². The van der Waals surface area contributed by atoms with Crippen LogP contribution < -0.4 is 15.0 Å². The molecular weight excluding hydrogens is 362 g/mol. The van der Waals surface area contributed by atoms with Gasteiger partial charge in [-0.05, 0) is 42.5 Å². The van der Waals surface area contributed by atoms with Crippen molar-refractivity contribution in [3.8, 4) is 5.75 Å². The van der Waals surface area contributed by atoms with Gasteiger partial charge in [0, 0.05) is 18.5 Å². The first-order valence-corrected chi connectivity index (χ1v) is 9.73. The molecule has 0 saturated carbocycles. The molecule has 0 radical (unpaired) electrons. The minimum absolute atomic E-state index is 0.0261. The number of carbonyl (C=O) groups excluding carboxylic acids is 1. The molecule has 0 saturated heterocycles. The average Bonchev–Trinajstić information content (AvgIpc) is 2.68. The van der Waals surface area contributed by atoms with E-state index in [1.54, 1.807) is 12.1 Å². The zero-order valence-electron chi connectivity index (χ0n) is 16.1. The van der Waals surface area contributed by atoms with Crippen molar-refractivity contribution in [2.45, 2.75) is 38.3 Å². The van der Waals surface area contributed by atoms with E-state index in [0.29, 0.717) is 25.6 Å². The lowest BCUT2D eigenvalue weighted by atomic mass is 9.87. The Kier molecular flexibility index (Phi) is 6.98. The summed E-state index contributed by atoms with van der Waals surface area (Å²) in [6.07, 6.45) is 4.02. The Balaban J connectivity index is 1.44. The van der Waals surface area contributed by atoms with Gasteiger partial charge in [0.2, 0.25) is 0 Å². The van der Waals surface area contributed by atoms with E-state index in [1.165, 1.54) is 28.2 Å². The summed E-state index contributed by atoms with van der Waals surface area (Å²) in [4.78, 5) is 13.5. The number of ether oxygens (including phenoxy) is 1. The lowest BCUT2D eigenvalue weighted by Gasteiger charge is -2.30. The number of hydrogen-bond donors (Lipinski definition) is 2. The Bertz CT molecular complexity index is 780. The van der Waals surface area contributed by atoms with E-state index in [0.717, 1.165) is 24.8 Å². The summed E-state index contributed by atoms with van der Waals surface area (Å²) in [5.74, 6) is 0.166. The predicted octanol–water partition coefficient (Wildman–Crippen LogP) is 2.54. The monoisotopic (exact) mass is 389 g/mol. The molecule has 0 bridgehead atoms. The van der Waals surface area contributed by atoms with Crippen molar-refractivity contribution in [3.05, 3.63) is 65.2 Å². The minimum Gasteiger partial charge on any atom is -0.435 e. The molecule has 1 amide bonds. The molecule has 4 nitrogen and oxygen atoms in total. The van der Waals surface area contributed by atoms with Crippen molar-refractivity contribution < 1.29 is 23.2 Å². The molecule has 3 rings (SSSR count). The maximum atomic E-state index is 12.3. The molecule has 1 aliphatic carbocycles. The zero-order valence-corrected chi connectivity index (χ0v) is 16.1. The first-order chi connectivity index (χ1) is 13.5. The molecule has 2 N–H and O–H groups in total. The minimum atomic E-state index is -2.82. The Hall–Kier alpha value is -2.47. The number of fused-ring (bicyclic) bond motifs is 1. The molecule has 0 aliphatic heterocycles. The summed E-state index contributed by atoms with van der Waals surface area (Å²) in [5, 5.41) is 2.96. The number of hydrogen-bond acceptors (Lipinski definition) is 2. The van der Waals surface area contributed by atoms with Gasteiger partial charge in [0.1, 0.15) is 11.8 Å². The second kappa shape index (κ2) is 9.64. The van der Waals surface area contributed by atoms with Crippen LogP contribution in [0.25, 0.3) is 0 Å². The highest BCUT2D eigenvalue weighted by atomic mass is 19.3. The average molecular weight is 389 g/mol. The Morgan fingerprint density at radius 2 is 1.96 bits per heavy atom. The van der Waals surface area contributed by atoms with Crippen LogP contribution >= 0.6 is 0 Å². The Labute approximate surface area is 164 Å². The number of nitrogens with one attached hydrogen (secondary N) is 2. The summed E-state index contributed by atoms with van der Waals surface area (Å²) >= 11 is 0. The summed E-state index contributed by atoms with van der Waals surface area (Å²) in [7, 11) is 2.08. The third-order valence-electron chi connectivity index (χ3n) is 5.29. The lowest BCUT2D eigenvalue weighted by Crippen LogP contribution is -3.10. The smallest absolute Gasteiger partial charge is 0.387 e. The lowest BCUT2D eigenvalue weighted by molar-refractivity contribution is -0.905. The molecule has 0 spiro atoms. The second-order valence-electron chi connectivity index (χ2n) is 7.29. The number of amides is 1. The number of carbonyl (C=O) groups is 1. The van der Waals surface area contributed by atoms with E-state index in [-0.39, 0.29) is 11.7 Å². The molecule has 1 aliphatic rings. The fraction of sp³-hybridized carbons (Fsp3) is 0.409. The molecule has 2 aromatic carbocycles. The number of likely N-dealkylation sites (N-methyl/N-ethyl adjacent to an activating group) is 1. The fourth-order valence-electron chi connectivity index (χ4n) is 3.89. The normalized spacial score (nSPS) is 17.1. The molecule has 6 heteroatoms. The van der Waals surface area contributed by atoms with Gasteiger partial charge >= 0.3 is 6.61 Å². The van der Waals surface area contributed by atoms with Crippen LogP contribution in [0.2, 0.25) is 0 Å². The topological polar surface area (TPSA) is 42.8 Å². The number of aryl methyl sites for hydroxylation is 1. The van der Waals surface area contributed by atoms with Crippen molar-refractivity contribution in [1.29, 1.82) is 0 Å². The highest BCUT2D eigenvalue weighted by Crippen LogP contribution is 2.27.